The number of hydrogen-bond acceptors (Lipinski definition) is 17. The number of nitro benzene ring substituents is 1. The Balaban J connectivity index is 1.14. The molecule has 5 aliphatic rings. The van der Waals surface area contributed by atoms with Crippen LogP contribution in [0.3, 0.4) is 0 Å². The molecule has 18 nitrogen and oxygen atoms in total. The summed E-state index contributed by atoms with van der Waals surface area (Å²) in [5.41, 5.74) is 2.79. The van der Waals surface area contributed by atoms with Crippen molar-refractivity contribution in [3.63, 3.8) is 0 Å². The Kier molecular flexibility index (Phi) is 11.0. The third-order valence-electron chi connectivity index (χ3n) is 10.2. The fraction of sp³-hybridized carbons (Fsp3) is 0.471. The van der Waals surface area contributed by atoms with Crippen LogP contribution < -0.4 is 0 Å². The van der Waals surface area contributed by atoms with E-state index in [-0.39, 0.29) is 17.0 Å². The van der Waals surface area contributed by atoms with E-state index in [0.717, 1.165) is 0 Å². The van der Waals surface area contributed by atoms with Crippen LogP contribution in [0.2, 0.25) is 0 Å². The third-order valence-corrected chi connectivity index (χ3v) is 15.7. The van der Waals surface area contributed by atoms with Gasteiger partial charge < -0.3 is 18.5 Å². The molecular formula is C34H35F2N9O9P2S2. The average Bonchev–Trinajstić information content (AvgIpc) is 3.98. The van der Waals surface area contributed by atoms with Crippen molar-refractivity contribution in [2.45, 2.75) is 80.7 Å². The first-order valence-corrected chi connectivity index (χ1v) is 24.5. The molecule has 14 bridgehead atoms. The van der Waals surface area contributed by atoms with Crippen LogP contribution in [0.5, 0.6) is 0 Å². The number of hydrogen-bond donors (Lipinski definition) is 0. The van der Waals surface area contributed by atoms with Crippen molar-refractivity contribution in [1.29, 1.82) is 0 Å². The number of benzene rings is 1. The minimum absolute atomic E-state index is 0.209. The van der Waals surface area contributed by atoms with Crippen LogP contribution >= 0.6 is 24.7 Å². The van der Waals surface area contributed by atoms with E-state index in [2.05, 4.69) is 29.9 Å². The number of alkyl halides is 2. The molecule has 0 spiro atoms. The summed E-state index contributed by atoms with van der Waals surface area (Å²) in [6, 6.07) is 5.89. The predicted molar refractivity (Wildman–Crippen MR) is 208 cm³/mol. The molecule has 5 aliphatic heterocycles. The van der Waals surface area contributed by atoms with Crippen LogP contribution in [0.1, 0.15) is 42.2 Å². The summed E-state index contributed by atoms with van der Waals surface area (Å²) in [6.45, 7) is -7.37. The maximum absolute atomic E-state index is 17.0. The van der Waals surface area contributed by atoms with Gasteiger partial charge in [0.15, 0.2) is 42.6 Å². The summed E-state index contributed by atoms with van der Waals surface area (Å²) in [7, 11) is 0. The van der Waals surface area contributed by atoms with E-state index < -0.39 is 80.6 Å². The Morgan fingerprint density at radius 1 is 0.845 bits per heavy atom. The number of nitro groups is 1. The summed E-state index contributed by atoms with van der Waals surface area (Å²) in [6.07, 6.45) is -0.272. The number of rotatable bonds is 4. The number of fused-ring (bicyclic) bond motifs is 10. The summed E-state index contributed by atoms with van der Waals surface area (Å²) in [5.74, 6) is -0.233. The lowest BCUT2D eigenvalue weighted by Gasteiger charge is -2.31. The quantitative estimate of drug-likeness (QED) is 0.0844. The van der Waals surface area contributed by atoms with Gasteiger partial charge in [-0.2, -0.15) is 0 Å². The molecule has 5 aromatic rings. The monoisotopic (exact) mass is 877 g/mol. The topological polar surface area (TPSA) is 203 Å². The van der Waals surface area contributed by atoms with Crippen molar-refractivity contribution in [2.24, 2.45) is 0 Å². The van der Waals surface area contributed by atoms with E-state index in [9.17, 15) is 14.7 Å². The molecular weight excluding hydrogens is 843 g/mol. The molecule has 9 heterocycles. The lowest BCUT2D eigenvalue weighted by Crippen LogP contribution is -2.37. The molecule has 4 aromatic heterocycles. The van der Waals surface area contributed by atoms with E-state index in [4.69, 9.17) is 39.4 Å². The third kappa shape index (κ3) is 7.63. The largest absolute Gasteiger partial charge is 0.390 e. The zero-order chi connectivity index (χ0) is 40.2. The van der Waals surface area contributed by atoms with Crippen LogP contribution in [-0.2, 0) is 62.5 Å². The van der Waals surface area contributed by atoms with Crippen LogP contribution in [0.15, 0.2) is 61.7 Å². The highest BCUT2D eigenvalue weighted by Gasteiger charge is 2.54. The number of aryl methyl sites for hydroxylation is 2. The molecule has 0 aliphatic carbocycles. The number of para-hydroxylation sites is 1. The minimum Gasteiger partial charge on any atom is -0.346 e. The van der Waals surface area contributed by atoms with Crippen LogP contribution in [-0.4, -0.2) is 101 Å². The second-order valence-electron chi connectivity index (χ2n) is 14.0. The Morgan fingerprint density at radius 2 is 1.40 bits per heavy atom. The molecule has 306 valence electrons. The summed E-state index contributed by atoms with van der Waals surface area (Å²) in [4.78, 5) is 38.0. The number of halogens is 2. The summed E-state index contributed by atoms with van der Waals surface area (Å²) >= 11 is 6.37. The Labute approximate surface area is 337 Å². The van der Waals surface area contributed by atoms with Crippen LogP contribution in [0.4, 0.5) is 14.5 Å². The van der Waals surface area contributed by atoms with Gasteiger partial charge in [0.1, 0.15) is 48.1 Å². The molecule has 0 radical (unpaired) electrons. The molecule has 10 rings (SSSR count). The van der Waals surface area contributed by atoms with Crippen molar-refractivity contribution in [2.75, 3.05) is 19.9 Å². The second-order valence-corrected chi connectivity index (χ2v) is 22.0. The van der Waals surface area contributed by atoms with E-state index >= 15 is 8.78 Å². The van der Waals surface area contributed by atoms with E-state index in [0.29, 0.717) is 70.8 Å². The normalized spacial score (nSPS) is 33.6. The average molecular weight is 878 g/mol. The maximum atomic E-state index is 17.0. The Hall–Kier alpha value is -3.69. The van der Waals surface area contributed by atoms with Crippen molar-refractivity contribution in [3.8, 4) is 0 Å². The first-order valence-electron chi connectivity index (χ1n) is 18.3. The maximum Gasteiger partial charge on any atom is 0.390 e. The smallest absolute Gasteiger partial charge is 0.346 e. The minimum atomic E-state index is -4.54. The van der Waals surface area contributed by atoms with Crippen LogP contribution in [0, 0.1) is 10.1 Å². The highest BCUT2D eigenvalue weighted by molar-refractivity contribution is 8.54. The van der Waals surface area contributed by atoms with Gasteiger partial charge in [-0.05, 0) is 48.9 Å². The van der Waals surface area contributed by atoms with Crippen molar-refractivity contribution in [1.82, 2.24) is 39.0 Å². The number of nitrogens with zero attached hydrogens (tertiary/aromatic N) is 9. The Morgan fingerprint density at radius 3 is 1.98 bits per heavy atom. The molecule has 0 saturated carbocycles. The molecule has 0 amide bonds. The number of ether oxygens (including phenoxy) is 2. The fourth-order valence-electron chi connectivity index (χ4n) is 7.40. The van der Waals surface area contributed by atoms with Crippen molar-refractivity contribution < 1.29 is 45.8 Å². The van der Waals surface area contributed by atoms with Gasteiger partial charge in [0.05, 0.1) is 42.2 Å². The summed E-state index contributed by atoms with van der Waals surface area (Å²) in [5, 5.41) is 11.9. The van der Waals surface area contributed by atoms with Gasteiger partial charge in [-0.3, -0.25) is 28.3 Å². The van der Waals surface area contributed by atoms with Gasteiger partial charge in [0, 0.05) is 24.0 Å². The van der Waals surface area contributed by atoms with E-state index in [1.165, 1.54) is 59.3 Å². The zero-order valence-corrected chi connectivity index (χ0v) is 33.9. The Bertz CT molecular complexity index is 2500. The highest BCUT2D eigenvalue weighted by atomic mass is 32.7. The van der Waals surface area contributed by atoms with Crippen LogP contribution in [0.25, 0.3) is 22.3 Å². The molecule has 58 heavy (non-hydrogen) atoms. The first-order chi connectivity index (χ1) is 28.0. The van der Waals surface area contributed by atoms with E-state index in [1.54, 1.807) is 6.07 Å². The van der Waals surface area contributed by atoms with Gasteiger partial charge in [0.25, 0.3) is 5.69 Å². The molecule has 3 fully saturated rings. The molecule has 1 aromatic carbocycles. The lowest BCUT2D eigenvalue weighted by molar-refractivity contribution is -0.385. The molecule has 2 unspecified atom stereocenters. The van der Waals surface area contributed by atoms with Crippen molar-refractivity contribution >= 4 is 64.5 Å². The highest BCUT2D eigenvalue weighted by Crippen LogP contribution is 2.65. The van der Waals surface area contributed by atoms with Gasteiger partial charge in [-0.15, -0.1) is 0 Å². The fourth-order valence-corrected chi connectivity index (χ4v) is 12.5. The number of imidazole rings is 2. The molecule has 3 saturated heterocycles. The first kappa shape index (κ1) is 39.8. The number of aromatic nitrogens is 8. The lowest BCUT2D eigenvalue weighted by atomic mass is 10.1. The van der Waals surface area contributed by atoms with Gasteiger partial charge in [0.2, 0.25) is 0 Å². The van der Waals surface area contributed by atoms with Crippen molar-refractivity contribution in [3.05, 3.63) is 88.8 Å². The summed E-state index contributed by atoms with van der Waals surface area (Å²) < 4.78 is 88.6. The van der Waals surface area contributed by atoms with Gasteiger partial charge in [-0.1, -0.05) is 30.4 Å². The van der Waals surface area contributed by atoms with Gasteiger partial charge in [-0.25, -0.2) is 43.2 Å². The molecule has 24 heteroatoms. The predicted octanol–water partition coefficient (Wildman–Crippen LogP) is 6.28. The second kappa shape index (κ2) is 16.1. The van der Waals surface area contributed by atoms with E-state index in [1.807, 2.05) is 12.2 Å². The molecule has 0 N–H and O–H groups in total. The molecule has 10 atom stereocenters. The number of allylic oxidation sites excluding steroid dienone is 2. The zero-order valence-electron chi connectivity index (χ0n) is 30.5. The SMILES string of the molecule is CP1(=S)OC[C@H]2O[C@@H]3[C@H](F)[C@@H]2OP(=O)(SCc2ccccc2[N+](=O)[O-])OC[C@H]2O[C@H]([C@H](F)[C@@H]2O1)n1cnc2c(ncnc21)CC/C=C/CCc1ncnc2c1ncn23. The standard InChI is InChI=1S/C34H35F2N9O9P2S2/c1-55(57)49-12-23-30-26(36)34(51-23)44-18-42-28-21(38-16-40-32(28)44)10-5-3-2-4-9-20-27-31(39-15-37-20)43(17-41-27)33-25(35)29(53-55)24(52-33)13-50-56(48,54-30)58-14-19-8-6-7-11-22(19)45(46)47/h2-3,6-8,11,15-18,23-26,29-30,33-34H,4-5,9-10,12-14H2,1H3/b3-2+/t23-,24-,25-,26-,29-,30-,33-,34-,55?,56?/m1/s1. The van der Waals surface area contributed by atoms with Gasteiger partial charge >= 0.3 is 6.80 Å².